The molecule has 4 aromatic rings. The number of cyclic esters (lactones) is 4. The minimum absolute atomic E-state index is 0.00215. The number of amides is 12. The topological polar surface area (TPSA) is 613 Å². The molecule has 144 heavy (non-hydrogen) atoms. The van der Waals surface area contributed by atoms with Gasteiger partial charge in [0.15, 0.2) is 20.5 Å². The summed E-state index contributed by atoms with van der Waals surface area (Å²) in [6, 6.07) is 0.823. The van der Waals surface area contributed by atoms with Crippen LogP contribution in [-0.2, 0) is 122 Å². The summed E-state index contributed by atoms with van der Waals surface area (Å²) in [5, 5.41) is 31.2. The molecule has 0 saturated carbocycles. The van der Waals surface area contributed by atoms with Crippen LogP contribution in [0.25, 0.3) is 0 Å². The SMILES string of the molecule is C/C=C1\NC(=O)c2nc(cc(SC)n2)CNC(=O)C[C@@H](/C=C/CCSC(C)=O)OC(=O)[C@H](C)NC1=O.C/C=C1\NC(=O)c2nc(ccc2SC)CNC(=O)C[C@@H](/C=C/CCSC(C)=O)OC(=O)[C@@H](C)NC1=O.C/C=C1\NC(=O)c2ncc(SC)c(n2)CNC(=O)C[C@@H](/C=C/CCSC(C)=O)OC(=O)[C@H](C)NC1=O.C/C=C1\NC(=O)c2ncc(SC)c(n2)CNC(=O)C[C@@H](/C=C/CCSC(C)=O)OC(=O)[C@H](C)NC1=O. The quantitative estimate of drug-likeness (QED) is 0.00845. The van der Waals surface area contributed by atoms with Crippen LogP contribution in [0.4, 0.5) is 0 Å². The minimum Gasteiger partial charge on any atom is -0.456 e. The van der Waals surface area contributed by atoms with E-state index < -0.39 is 143 Å². The van der Waals surface area contributed by atoms with Crippen LogP contribution in [0.15, 0.2) is 146 Å². The Morgan fingerprint density at radius 2 is 0.639 bits per heavy atom. The summed E-state index contributed by atoms with van der Waals surface area (Å²) in [6.07, 6.45) is 27.0. The largest absolute Gasteiger partial charge is 0.456 e. The fourth-order valence-corrected chi connectivity index (χ4v) is 16.0. The van der Waals surface area contributed by atoms with Gasteiger partial charge in [-0.05, 0) is 149 Å². The molecule has 8 atom stereocenters. The highest BCUT2D eigenvalue weighted by Gasteiger charge is 2.33. The van der Waals surface area contributed by atoms with E-state index in [9.17, 15) is 95.9 Å². The van der Waals surface area contributed by atoms with E-state index in [4.69, 9.17) is 18.9 Å². The van der Waals surface area contributed by atoms with Crippen molar-refractivity contribution in [1.82, 2.24) is 98.7 Å². The lowest BCUT2D eigenvalue weighted by molar-refractivity contribution is -0.152. The lowest BCUT2D eigenvalue weighted by Gasteiger charge is -2.20. The molecule has 8 rings (SSSR count). The predicted molar refractivity (Wildman–Crippen MR) is 546 cm³/mol. The van der Waals surface area contributed by atoms with Gasteiger partial charge in [-0.1, -0.05) is 95.7 Å². The van der Waals surface area contributed by atoms with E-state index in [1.165, 1.54) is 186 Å². The molecule has 4 aliphatic heterocycles. The molecule has 12 amide bonds. The van der Waals surface area contributed by atoms with Crippen LogP contribution in [0.2, 0.25) is 0 Å². The van der Waals surface area contributed by atoms with Gasteiger partial charge in [0.2, 0.25) is 41.1 Å². The second-order valence-corrected chi connectivity index (χ2v) is 38.9. The number of hydrogen-bond donors (Lipinski definition) is 12. The molecule has 0 fully saturated rings. The molecule has 43 nitrogen and oxygen atoms in total. The summed E-state index contributed by atoms with van der Waals surface area (Å²) >= 11 is 10.00. The molecule has 12 N–H and O–H groups in total. The van der Waals surface area contributed by atoms with E-state index in [-0.39, 0.29) is 118 Å². The number of nitrogens with zero attached hydrogens (tertiary/aromatic N) is 7. The summed E-state index contributed by atoms with van der Waals surface area (Å²) in [6.45, 7) is 18.0. The fourth-order valence-electron chi connectivity index (χ4n) is 11.8. The monoisotopic (exact) mass is 2140 g/mol. The zero-order valence-electron chi connectivity index (χ0n) is 81.9. The third-order valence-electron chi connectivity index (χ3n) is 19.2. The van der Waals surface area contributed by atoms with Gasteiger partial charge in [-0.2, -0.15) is 0 Å². The Kier molecular flexibility index (Phi) is 54.8. The van der Waals surface area contributed by atoms with Gasteiger partial charge >= 0.3 is 23.9 Å². The molecule has 0 saturated heterocycles. The Hall–Kier alpha value is -12.7. The van der Waals surface area contributed by atoms with Gasteiger partial charge in [0.05, 0.1) is 74.6 Å². The van der Waals surface area contributed by atoms with Gasteiger partial charge in [-0.15, -0.1) is 47.0 Å². The summed E-state index contributed by atoms with van der Waals surface area (Å²) in [5.41, 5.74) is 1.51. The average Bonchev–Trinajstić information content (AvgIpc) is 0.824. The van der Waals surface area contributed by atoms with Gasteiger partial charge in [-0.25, -0.2) is 54.1 Å². The van der Waals surface area contributed by atoms with E-state index in [2.05, 4.69) is 98.7 Å². The van der Waals surface area contributed by atoms with Crippen LogP contribution in [0.5, 0.6) is 0 Å². The zero-order chi connectivity index (χ0) is 107. The lowest BCUT2D eigenvalue weighted by atomic mass is 10.2. The minimum atomic E-state index is -1.06. The van der Waals surface area contributed by atoms with E-state index >= 15 is 0 Å². The molecule has 0 unspecified atom stereocenters. The first-order chi connectivity index (χ1) is 68.5. The van der Waals surface area contributed by atoms with Crippen molar-refractivity contribution in [3.63, 3.8) is 0 Å². The number of allylic oxidation sites excluding steroid dienone is 8. The van der Waals surface area contributed by atoms with Crippen LogP contribution >= 0.6 is 94.1 Å². The smallest absolute Gasteiger partial charge is 0.328 e. The van der Waals surface area contributed by atoms with E-state index in [0.29, 0.717) is 91.2 Å². The Morgan fingerprint density at radius 3 is 0.931 bits per heavy atom. The fraction of sp³-hybridized carbons (Fsp3) is 0.430. The third-order valence-corrected chi connectivity index (χ3v) is 25.5. The summed E-state index contributed by atoms with van der Waals surface area (Å²) in [5.74, 6) is -8.42. The van der Waals surface area contributed by atoms with Gasteiger partial charge in [-0.3, -0.25) is 76.7 Å². The molecule has 4 aromatic heterocycles. The highest BCUT2D eigenvalue weighted by Crippen LogP contribution is 2.25. The maximum atomic E-state index is 12.9. The number of hydrogen-bond acceptors (Lipinski definition) is 39. The first kappa shape index (κ1) is 122. The molecule has 8 bridgehead atoms. The van der Waals surface area contributed by atoms with Crippen molar-refractivity contribution in [2.45, 2.75) is 229 Å². The molecule has 776 valence electrons. The predicted octanol–water partition coefficient (Wildman–Crippen LogP) is 6.58. The zero-order valence-corrected chi connectivity index (χ0v) is 88.5. The summed E-state index contributed by atoms with van der Waals surface area (Å²) in [4.78, 5) is 278. The van der Waals surface area contributed by atoms with Crippen molar-refractivity contribution in [2.24, 2.45) is 0 Å². The van der Waals surface area contributed by atoms with Crippen LogP contribution in [0.1, 0.15) is 200 Å². The average molecular weight is 2140 g/mol. The van der Waals surface area contributed by atoms with Crippen LogP contribution in [0.3, 0.4) is 0 Å². The Morgan fingerprint density at radius 1 is 0.347 bits per heavy atom. The number of ether oxygens (including phenoxy) is 4. The molecule has 0 aromatic carbocycles. The third kappa shape index (κ3) is 44.7. The van der Waals surface area contributed by atoms with Crippen molar-refractivity contribution in [2.75, 3.05) is 48.0 Å². The van der Waals surface area contributed by atoms with Crippen molar-refractivity contribution < 1.29 is 115 Å². The second-order valence-electron chi connectivity index (χ2n) is 30.5. The molecular weight excluding hydrogens is 2020 g/mol. The number of pyridine rings is 1. The first-order valence-electron chi connectivity index (χ1n) is 44.5. The van der Waals surface area contributed by atoms with Gasteiger partial charge in [0, 0.05) is 77.8 Å². The molecule has 51 heteroatoms. The number of carbonyl (C=O) groups excluding carboxylic acids is 20. The Bertz CT molecular complexity index is 5470. The van der Waals surface area contributed by atoms with Gasteiger partial charge in [0.1, 0.15) is 82.1 Å². The standard InChI is InChI=1S/C24H30N4O6S2.3C23H29N5O6S2/c1-5-18-22(31)26-14(2)24(33)34-17(8-6-7-11-36-15(3)29)12-20(30)25-13-16-9-10-19(35-4)21(27-16)23(32)28-18;1-5-17-21(31)25-13(2)23(33)34-16(8-6-7-9-36-14(3)29)11-18(30)24-12-15-10-19(35-4)28-20(26-15)22(32)27-17;2*1-5-16-21(31)26-13(2)23(33)34-15(8-6-7-9-36-14(3)29)10-19(30)24-11-17-18(35-4)12-25-20(27-17)22(32)28-16/h5-6,8-10,14,17H,7,11-13H2,1-4H3,(H,25,30)(H,26,31)(H,28,32);5-6,8,10,13,16H,7,9,11-12H2,1-4H3,(H,24,30)(H,25,31)(H,27,32);2*5-6,8,12-13,15H,7,9-11H2,1-4H3,(H,24,30)(H,26,31)(H,28,32)/b8-6+,18-5-;8-6+,17-5-;2*8-6+,16-5-/t14-,17-;13-,16+;2*13-,15+/m1000/s1. The highest BCUT2D eigenvalue weighted by atomic mass is 32.2. The molecular formula is C93H117N19O24S8. The number of fused-ring (bicyclic) bond motifs is 8. The van der Waals surface area contributed by atoms with E-state index in [0.717, 1.165) is 0 Å². The molecule has 0 spiro atoms. The maximum Gasteiger partial charge on any atom is 0.328 e. The summed E-state index contributed by atoms with van der Waals surface area (Å²) in [7, 11) is 0. The number of carbonyl (C=O) groups is 20. The number of rotatable bonds is 20. The number of esters is 4. The lowest BCUT2D eigenvalue weighted by Crippen LogP contribution is -2.44. The van der Waals surface area contributed by atoms with Crippen molar-refractivity contribution in [3.8, 4) is 0 Å². The summed E-state index contributed by atoms with van der Waals surface area (Å²) < 4.78 is 21.9. The maximum absolute atomic E-state index is 12.9. The molecule has 4 aliphatic rings. The normalized spacial score (nSPS) is 21.1. The van der Waals surface area contributed by atoms with Crippen molar-refractivity contribution in [3.05, 3.63) is 172 Å². The van der Waals surface area contributed by atoms with Crippen molar-refractivity contribution >= 4 is 209 Å². The first-order valence-corrected chi connectivity index (χ1v) is 53.4. The van der Waals surface area contributed by atoms with Crippen LogP contribution in [-0.4, -0.2) is 247 Å². The van der Waals surface area contributed by atoms with Gasteiger partial charge < -0.3 is 82.7 Å². The van der Waals surface area contributed by atoms with Crippen molar-refractivity contribution in [1.29, 1.82) is 0 Å². The highest BCUT2D eigenvalue weighted by molar-refractivity contribution is 8.14. The number of nitrogens with one attached hydrogen (secondary N) is 12. The van der Waals surface area contributed by atoms with E-state index in [1.807, 2.05) is 12.5 Å². The van der Waals surface area contributed by atoms with Gasteiger partial charge in [0.25, 0.3) is 47.3 Å². The van der Waals surface area contributed by atoms with Crippen LogP contribution in [0, 0.1) is 0 Å². The Balaban J connectivity index is 0.000000338. The number of thioether (sulfide) groups is 8. The molecule has 8 heterocycles. The Labute approximate surface area is 866 Å². The molecule has 0 radical (unpaired) electrons. The van der Waals surface area contributed by atoms with Crippen LogP contribution < -0.4 is 63.8 Å². The molecule has 0 aliphatic carbocycles. The van der Waals surface area contributed by atoms with E-state index in [1.54, 1.807) is 107 Å². The number of aromatic nitrogens is 7. The second kappa shape index (κ2) is 64.8.